The first-order chi connectivity index (χ1) is 9.58. The molecule has 1 aliphatic rings. The maximum Gasteiger partial charge on any atom is 0.124 e. The summed E-state index contributed by atoms with van der Waals surface area (Å²) in [7, 11) is 0. The van der Waals surface area contributed by atoms with Crippen LogP contribution in [0.1, 0.15) is 51.0 Å². The summed E-state index contributed by atoms with van der Waals surface area (Å²) in [5.41, 5.74) is 0.875. The number of hydrogen-bond acceptors (Lipinski definition) is 1. The van der Waals surface area contributed by atoms with Gasteiger partial charge in [-0.3, -0.25) is 0 Å². The first-order valence-corrected chi connectivity index (χ1v) is 8.50. The molecule has 0 saturated heterocycles. The van der Waals surface area contributed by atoms with Crippen molar-refractivity contribution in [2.75, 3.05) is 0 Å². The van der Waals surface area contributed by atoms with Gasteiger partial charge < -0.3 is 5.11 Å². The van der Waals surface area contributed by atoms with Crippen LogP contribution in [0.4, 0.5) is 4.39 Å². The minimum atomic E-state index is -0.341. The van der Waals surface area contributed by atoms with Crippen LogP contribution < -0.4 is 0 Å². The largest absolute Gasteiger partial charge is 0.392 e. The van der Waals surface area contributed by atoms with Crippen molar-refractivity contribution >= 4 is 15.9 Å². The molecule has 0 amide bonds. The van der Waals surface area contributed by atoms with Crippen LogP contribution >= 0.6 is 15.9 Å². The summed E-state index contributed by atoms with van der Waals surface area (Å²) in [5.74, 6) is 0.991. The van der Waals surface area contributed by atoms with Crippen molar-refractivity contribution in [3.05, 3.63) is 34.1 Å². The van der Waals surface area contributed by atoms with Crippen molar-refractivity contribution in [3.8, 4) is 0 Å². The minimum Gasteiger partial charge on any atom is -0.392 e. The highest BCUT2D eigenvalue weighted by molar-refractivity contribution is 9.10. The van der Waals surface area contributed by atoms with E-state index in [1.807, 2.05) is 6.07 Å². The van der Waals surface area contributed by atoms with Gasteiger partial charge in [-0.15, -0.1) is 0 Å². The zero-order valence-electron chi connectivity index (χ0n) is 12.1. The quantitative estimate of drug-likeness (QED) is 0.789. The Hall–Kier alpha value is -0.410. The molecule has 1 aromatic carbocycles. The van der Waals surface area contributed by atoms with E-state index >= 15 is 0 Å². The number of hydrogen-bond donors (Lipinski definition) is 1. The Balaban J connectivity index is 1.87. The molecular weight excluding hydrogens is 319 g/mol. The van der Waals surface area contributed by atoms with E-state index < -0.39 is 0 Å². The van der Waals surface area contributed by atoms with E-state index in [0.717, 1.165) is 28.8 Å². The summed E-state index contributed by atoms with van der Waals surface area (Å²) >= 11 is 3.30. The monoisotopic (exact) mass is 342 g/mol. The minimum absolute atomic E-state index is 0.242. The molecule has 0 heterocycles. The lowest BCUT2D eigenvalue weighted by atomic mass is 9.77. The van der Waals surface area contributed by atoms with Gasteiger partial charge in [-0.1, -0.05) is 48.5 Å². The molecule has 112 valence electrons. The fourth-order valence-electron chi connectivity index (χ4n) is 3.41. The number of halogens is 2. The molecule has 1 N–H and O–H groups in total. The maximum atomic E-state index is 13.3. The first-order valence-electron chi connectivity index (χ1n) is 7.71. The van der Waals surface area contributed by atoms with Crippen LogP contribution in [0, 0.1) is 17.7 Å². The van der Waals surface area contributed by atoms with E-state index in [9.17, 15) is 9.50 Å². The molecule has 1 saturated carbocycles. The zero-order valence-corrected chi connectivity index (χ0v) is 13.7. The zero-order chi connectivity index (χ0) is 14.5. The van der Waals surface area contributed by atoms with E-state index in [4.69, 9.17) is 0 Å². The highest BCUT2D eigenvalue weighted by atomic mass is 79.9. The Morgan fingerprint density at radius 3 is 2.55 bits per heavy atom. The Labute approximate surface area is 129 Å². The van der Waals surface area contributed by atoms with Gasteiger partial charge >= 0.3 is 0 Å². The van der Waals surface area contributed by atoms with Crippen molar-refractivity contribution in [2.24, 2.45) is 11.8 Å². The van der Waals surface area contributed by atoms with Gasteiger partial charge in [0.25, 0.3) is 0 Å². The average Bonchev–Trinajstić information content (AvgIpc) is 2.38. The lowest BCUT2D eigenvalue weighted by Gasteiger charge is -2.31. The summed E-state index contributed by atoms with van der Waals surface area (Å²) in [6.45, 7) is 2.24. The molecular formula is C17H24BrFO. The molecule has 20 heavy (non-hydrogen) atoms. The van der Waals surface area contributed by atoms with Gasteiger partial charge in [0.15, 0.2) is 0 Å². The molecule has 1 fully saturated rings. The molecule has 1 aliphatic carbocycles. The molecule has 1 nitrogen and oxygen atoms in total. The van der Waals surface area contributed by atoms with E-state index in [0.29, 0.717) is 12.3 Å². The first kappa shape index (κ1) is 16.0. The standard InChI is InChI=1S/C17H24BrFO/c1-2-3-12-4-6-14(7-5-12)17(20)10-13-8-15(18)11-16(19)9-13/h8-9,11-12,14,17,20H,2-7,10H2,1H3. The summed E-state index contributed by atoms with van der Waals surface area (Å²) in [4.78, 5) is 0. The van der Waals surface area contributed by atoms with Gasteiger partial charge in [-0.25, -0.2) is 4.39 Å². The van der Waals surface area contributed by atoms with Gasteiger partial charge in [0.2, 0.25) is 0 Å². The van der Waals surface area contributed by atoms with Crippen LogP contribution in [0.15, 0.2) is 22.7 Å². The van der Waals surface area contributed by atoms with Crippen LogP contribution in [0.3, 0.4) is 0 Å². The van der Waals surface area contributed by atoms with Crippen molar-refractivity contribution in [1.82, 2.24) is 0 Å². The third-order valence-corrected chi connectivity index (χ3v) is 4.96. The van der Waals surface area contributed by atoms with E-state index in [1.54, 1.807) is 0 Å². The normalized spacial score (nSPS) is 24.6. The second kappa shape index (κ2) is 7.56. The van der Waals surface area contributed by atoms with Crippen LogP contribution in [0.5, 0.6) is 0 Å². The van der Waals surface area contributed by atoms with Crippen molar-refractivity contribution in [1.29, 1.82) is 0 Å². The van der Waals surface area contributed by atoms with E-state index in [-0.39, 0.29) is 11.9 Å². The summed E-state index contributed by atoms with van der Waals surface area (Å²) in [6, 6.07) is 4.87. The molecule has 2 rings (SSSR count). The van der Waals surface area contributed by atoms with Crippen molar-refractivity contribution in [3.63, 3.8) is 0 Å². The smallest absolute Gasteiger partial charge is 0.124 e. The number of rotatable bonds is 5. The highest BCUT2D eigenvalue weighted by Gasteiger charge is 2.26. The molecule has 1 aromatic rings. The second-order valence-corrected chi connectivity index (χ2v) is 7.03. The summed E-state index contributed by atoms with van der Waals surface area (Å²) < 4.78 is 14.1. The molecule has 1 unspecified atom stereocenters. The average molecular weight is 343 g/mol. The van der Waals surface area contributed by atoms with Crippen LogP contribution in [-0.4, -0.2) is 11.2 Å². The third kappa shape index (κ3) is 4.56. The van der Waals surface area contributed by atoms with Gasteiger partial charge in [-0.05, 0) is 54.9 Å². The Kier molecular flexibility index (Phi) is 6.03. The van der Waals surface area contributed by atoms with E-state index in [2.05, 4.69) is 22.9 Å². The van der Waals surface area contributed by atoms with Crippen LogP contribution in [-0.2, 0) is 6.42 Å². The lowest BCUT2D eigenvalue weighted by molar-refractivity contribution is 0.0727. The number of benzene rings is 1. The molecule has 0 radical (unpaired) electrons. The molecule has 0 aromatic heterocycles. The molecule has 0 aliphatic heterocycles. The van der Waals surface area contributed by atoms with Gasteiger partial charge in [0.1, 0.15) is 5.82 Å². The number of aliphatic hydroxyl groups is 1. The van der Waals surface area contributed by atoms with E-state index in [1.165, 1.54) is 37.8 Å². The summed E-state index contributed by atoms with van der Waals surface area (Å²) in [6.07, 6.45) is 7.50. The SMILES string of the molecule is CCCC1CCC(C(O)Cc2cc(F)cc(Br)c2)CC1. The van der Waals surface area contributed by atoms with Gasteiger partial charge in [-0.2, -0.15) is 0 Å². The van der Waals surface area contributed by atoms with Crippen molar-refractivity contribution < 1.29 is 9.50 Å². The maximum absolute atomic E-state index is 13.3. The predicted molar refractivity (Wildman–Crippen MR) is 84.2 cm³/mol. The van der Waals surface area contributed by atoms with Gasteiger partial charge in [0.05, 0.1) is 6.10 Å². The molecule has 1 atom stereocenters. The topological polar surface area (TPSA) is 20.2 Å². The lowest BCUT2D eigenvalue weighted by Crippen LogP contribution is -2.27. The Morgan fingerprint density at radius 2 is 1.95 bits per heavy atom. The van der Waals surface area contributed by atoms with Crippen LogP contribution in [0.2, 0.25) is 0 Å². The van der Waals surface area contributed by atoms with Crippen molar-refractivity contribution in [2.45, 2.75) is 58.0 Å². The molecule has 0 spiro atoms. The van der Waals surface area contributed by atoms with Crippen LogP contribution in [0.25, 0.3) is 0 Å². The fourth-order valence-corrected chi connectivity index (χ4v) is 3.92. The predicted octanol–water partition coefficient (Wildman–Crippen LogP) is 5.10. The molecule has 0 bridgehead atoms. The number of aliphatic hydroxyl groups excluding tert-OH is 1. The summed E-state index contributed by atoms with van der Waals surface area (Å²) in [5, 5.41) is 10.4. The Morgan fingerprint density at radius 1 is 1.25 bits per heavy atom. The Bertz CT molecular complexity index is 407. The third-order valence-electron chi connectivity index (χ3n) is 4.50. The fraction of sp³-hybridized carbons (Fsp3) is 0.647. The molecule has 3 heteroatoms. The highest BCUT2D eigenvalue weighted by Crippen LogP contribution is 2.34. The van der Waals surface area contributed by atoms with Gasteiger partial charge in [0, 0.05) is 4.47 Å². The second-order valence-electron chi connectivity index (χ2n) is 6.12.